The Morgan fingerprint density at radius 1 is 1.03 bits per heavy atom. The number of carbonyl (C=O) groups excluding carboxylic acids is 1. The van der Waals surface area contributed by atoms with Crippen LogP contribution in [0.2, 0.25) is 0 Å². The van der Waals surface area contributed by atoms with E-state index in [0.29, 0.717) is 11.3 Å². The topological polar surface area (TPSA) is 72.9 Å². The van der Waals surface area contributed by atoms with E-state index >= 15 is 0 Å². The highest BCUT2D eigenvalue weighted by Gasteiger charge is 2.31. The smallest absolute Gasteiger partial charge is 0.412 e. The Bertz CT molecular complexity index is 869. The van der Waals surface area contributed by atoms with Crippen molar-refractivity contribution in [3.63, 3.8) is 0 Å². The molecule has 1 aliphatic heterocycles. The predicted octanol–water partition coefficient (Wildman–Crippen LogP) is 4.36. The van der Waals surface area contributed by atoms with Gasteiger partial charge in [0, 0.05) is 31.2 Å². The molecule has 160 valence electrons. The van der Waals surface area contributed by atoms with Crippen molar-refractivity contribution in [2.75, 3.05) is 18.0 Å². The van der Waals surface area contributed by atoms with Gasteiger partial charge in [-0.1, -0.05) is 42.5 Å². The van der Waals surface area contributed by atoms with Gasteiger partial charge in [0.1, 0.15) is 0 Å². The Morgan fingerprint density at radius 3 is 2.23 bits per heavy atom. The molecular formula is C24H31N3O3. The molecule has 2 amide bonds. The van der Waals surface area contributed by atoms with Crippen LogP contribution in [0.25, 0.3) is 0 Å². The zero-order valence-corrected chi connectivity index (χ0v) is 18.0. The van der Waals surface area contributed by atoms with E-state index in [1.54, 1.807) is 24.3 Å². The lowest BCUT2D eigenvalue weighted by molar-refractivity contribution is 0.0909. The summed E-state index contributed by atoms with van der Waals surface area (Å²) < 4.78 is 0. The first-order valence-electron chi connectivity index (χ1n) is 10.4. The number of likely N-dealkylation sites (tertiary alicyclic amines) is 1. The zero-order chi connectivity index (χ0) is 21.7. The van der Waals surface area contributed by atoms with Crippen LogP contribution in [0.4, 0.5) is 10.5 Å². The summed E-state index contributed by atoms with van der Waals surface area (Å²) in [6.45, 7) is 8.22. The van der Waals surface area contributed by atoms with Gasteiger partial charge in [0.05, 0.1) is 11.3 Å². The van der Waals surface area contributed by atoms with Gasteiger partial charge in [-0.2, -0.15) is 0 Å². The average molecular weight is 410 g/mol. The normalized spacial score (nSPS) is 15.6. The van der Waals surface area contributed by atoms with Crippen molar-refractivity contribution in [3.05, 3.63) is 65.7 Å². The summed E-state index contributed by atoms with van der Waals surface area (Å²) in [7, 11) is 0. The SMILES string of the molecule is CC(C)(C)N(C(=O)O)c1ccccc1C(=O)NC1CCN(Cc2ccccc2)CC1. The molecule has 1 saturated heterocycles. The molecule has 1 fully saturated rings. The monoisotopic (exact) mass is 409 g/mol. The number of carbonyl (C=O) groups is 2. The fourth-order valence-corrected chi connectivity index (χ4v) is 3.95. The lowest BCUT2D eigenvalue weighted by atomic mass is 10.0. The van der Waals surface area contributed by atoms with Crippen LogP contribution in [-0.2, 0) is 6.54 Å². The number of rotatable bonds is 5. The van der Waals surface area contributed by atoms with Gasteiger partial charge in [-0.25, -0.2) is 4.79 Å². The van der Waals surface area contributed by atoms with Gasteiger partial charge in [0.25, 0.3) is 5.91 Å². The molecule has 2 aromatic carbocycles. The van der Waals surface area contributed by atoms with Crippen LogP contribution in [-0.4, -0.2) is 46.7 Å². The molecule has 2 aromatic rings. The lowest BCUT2D eigenvalue weighted by Gasteiger charge is -2.35. The fourth-order valence-electron chi connectivity index (χ4n) is 3.95. The largest absolute Gasteiger partial charge is 0.465 e. The first kappa shape index (κ1) is 21.8. The molecular weight excluding hydrogens is 378 g/mol. The molecule has 6 nitrogen and oxygen atoms in total. The Morgan fingerprint density at radius 2 is 1.63 bits per heavy atom. The Labute approximate surface area is 178 Å². The molecule has 30 heavy (non-hydrogen) atoms. The number of carboxylic acid groups (broad SMARTS) is 1. The number of anilines is 1. The molecule has 0 unspecified atom stereocenters. The minimum atomic E-state index is -1.07. The third kappa shape index (κ3) is 5.39. The first-order chi connectivity index (χ1) is 14.3. The maximum Gasteiger partial charge on any atom is 0.412 e. The van der Waals surface area contributed by atoms with E-state index in [9.17, 15) is 14.7 Å². The maximum absolute atomic E-state index is 13.0. The molecule has 0 radical (unpaired) electrons. The first-order valence-corrected chi connectivity index (χ1v) is 10.4. The van der Waals surface area contributed by atoms with Crippen molar-refractivity contribution in [2.24, 2.45) is 0 Å². The van der Waals surface area contributed by atoms with E-state index in [2.05, 4.69) is 34.5 Å². The predicted molar refractivity (Wildman–Crippen MR) is 119 cm³/mol. The van der Waals surface area contributed by atoms with E-state index in [1.165, 1.54) is 10.5 Å². The third-order valence-corrected chi connectivity index (χ3v) is 5.42. The molecule has 0 atom stereocenters. The zero-order valence-electron chi connectivity index (χ0n) is 18.0. The lowest BCUT2D eigenvalue weighted by Crippen LogP contribution is -2.47. The van der Waals surface area contributed by atoms with Crippen molar-refractivity contribution in [3.8, 4) is 0 Å². The van der Waals surface area contributed by atoms with Gasteiger partial charge in [-0.15, -0.1) is 0 Å². The minimum Gasteiger partial charge on any atom is -0.465 e. The molecule has 3 rings (SSSR count). The van der Waals surface area contributed by atoms with Crippen LogP contribution in [0.15, 0.2) is 54.6 Å². The van der Waals surface area contributed by atoms with Crippen molar-refractivity contribution >= 4 is 17.7 Å². The minimum absolute atomic E-state index is 0.0884. The van der Waals surface area contributed by atoms with Gasteiger partial charge >= 0.3 is 6.09 Å². The van der Waals surface area contributed by atoms with Crippen molar-refractivity contribution in [2.45, 2.75) is 51.7 Å². The van der Waals surface area contributed by atoms with E-state index < -0.39 is 11.6 Å². The number of nitrogens with zero attached hydrogens (tertiary/aromatic N) is 2. The number of hydrogen-bond donors (Lipinski definition) is 2. The highest BCUT2D eigenvalue weighted by molar-refractivity contribution is 6.03. The van der Waals surface area contributed by atoms with E-state index in [1.807, 2.05) is 26.8 Å². The van der Waals surface area contributed by atoms with Gasteiger partial charge in [0.2, 0.25) is 0 Å². The standard InChI is InChI=1S/C24H31N3O3/c1-24(2,3)27(23(29)30)21-12-8-7-11-20(21)22(28)25-19-13-15-26(16-14-19)17-18-9-5-4-6-10-18/h4-12,19H,13-17H2,1-3H3,(H,25,28)(H,29,30). The number of piperidine rings is 1. The van der Waals surface area contributed by atoms with E-state index in [-0.39, 0.29) is 11.9 Å². The van der Waals surface area contributed by atoms with Crippen molar-refractivity contribution < 1.29 is 14.7 Å². The number of hydrogen-bond acceptors (Lipinski definition) is 3. The summed E-state index contributed by atoms with van der Waals surface area (Å²) in [5.41, 5.74) is 1.44. The van der Waals surface area contributed by atoms with Gasteiger partial charge < -0.3 is 10.4 Å². The van der Waals surface area contributed by atoms with Gasteiger partial charge in [-0.05, 0) is 51.3 Å². The van der Waals surface area contributed by atoms with E-state index in [4.69, 9.17) is 0 Å². The second-order valence-corrected chi connectivity index (χ2v) is 8.82. The fraction of sp³-hybridized carbons (Fsp3) is 0.417. The van der Waals surface area contributed by atoms with E-state index in [0.717, 1.165) is 32.5 Å². The summed E-state index contributed by atoms with van der Waals surface area (Å²) in [5.74, 6) is -0.220. The van der Waals surface area contributed by atoms with Crippen LogP contribution in [0.5, 0.6) is 0 Å². The molecule has 0 bridgehead atoms. The molecule has 2 N–H and O–H groups in total. The summed E-state index contributed by atoms with van der Waals surface area (Å²) in [6.07, 6.45) is 0.683. The molecule has 0 aromatic heterocycles. The molecule has 6 heteroatoms. The summed E-state index contributed by atoms with van der Waals surface area (Å²) in [4.78, 5) is 28.6. The van der Waals surface area contributed by atoms with Gasteiger partial charge in [0.15, 0.2) is 0 Å². The summed E-state index contributed by atoms with van der Waals surface area (Å²) in [6, 6.07) is 17.4. The highest BCUT2D eigenvalue weighted by atomic mass is 16.4. The number of benzene rings is 2. The maximum atomic E-state index is 13.0. The highest BCUT2D eigenvalue weighted by Crippen LogP contribution is 2.28. The van der Waals surface area contributed by atoms with Crippen LogP contribution >= 0.6 is 0 Å². The Kier molecular flexibility index (Phi) is 6.77. The summed E-state index contributed by atoms with van der Waals surface area (Å²) in [5, 5.41) is 12.8. The Balaban J connectivity index is 1.64. The van der Waals surface area contributed by atoms with Crippen LogP contribution < -0.4 is 10.2 Å². The number of para-hydroxylation sites is 1. The molecule has 0 spiro atoms. The molecule has 1 aliphatic rings. The van der Waals surface area contributed by atoms with Crippen LogP contribution in [0.3, 0.4) is 0 Å². The molecule has 1 heterocycles. The van der Waals surface area contributed by atoms with Crippen molar-refractivity contribution in [1.29, 1.82) is 0 Å². The number of amides is 2. The molecule has 0 aliphatic carbocycles. The second kappa shape index (κ2) is 9.30. The average Bonchev–Trinajstić information content (AvgIpc) is 2.69. The van der Waals surface area contributed by atoms with Crippen LogP contribution in [0, 0.1) is 0 Å². The van der Waals surface area contributed by atoms with Gasteiger partial charge in [-0.3, -0.25) is 14.6 Å². The second-order valence-electron chi connectivity index (χ2n) is 8.82. The quantitative estimate of drug-likeness (QED) is 0.769. The number of nitrogens with one attached hydrogen (secondary N) is 1. The van der Waals surface area contributed by atoms with Crippen LogP contribution in [0.1, 0.15) is 49.5 Å². The van der Waals surface area contributed by atoms with Crippen molar-refractivity contribution in [1.82, 2.24) is 10.2 Å². The summed E-state index contributed by atoms with van der Waals surface area (Å²) >= 11 is 0. The third-order valence-electron chi connectivity index (χ3n) is 5.42. The molecule has 0 saturated carbocycles. The Hall–Kier alpha value is -2.86.